The number of hydrogen-bond donors (Lipinski definition) is 6. The molecule has 0 amide bonds. The average Bonchev–Trinajstić information content (AvgIpc) is 4.07. The van der Waals surface area contributed by atoms with Gasteiger partial charge in [0, 0.05) is 121 Å². The number of carbonyl (C=O) groups is 3. The van der Waals surface area contributed by atoms with Crippen molar-refractivity contribution in [2.45, 2.75) is 119 Å². The van der Waals surface area contributed by atoms with Crippen LogP contribution in [0.1, 0.15) is 148 Å². The molecule has 6 aromatic rings. The second-order valence-electron chi connectivity index (χ2n) is 23.2. The lowest BCUT2D eigenvalue weighted by Gasteiger charge is -2.38. The molecule has 3 aromatic carbocycles. The Hall–Kier alpha value is -7.68. The van der Waals surface area contributed by atoms with Crippen molar-refractivity contribution in [3.05, 3.63) is 157 Å². The van der Waals surface area contributed by atoms with Crippen molar-refractivity contribution < 1.29 is 28.6 Å². The number of ether oxygens (including phenoxy) is 3. The van der Waals surface area contributed by atoms with Gasteiger partial charge in [0.15, 0.2) is 34.8 Å². The number of aryl methyl sites for hydroxylation is 3. The van der Waals surface area contributed by atoms with E-state index in [-0.39, 0.29) is 51.3 Å². The highest BCUT2D eigenvalue weighted by molar-refractivity contribution is 6.03. The minimum atomic E-state index is -0.148. The fraction of sp³-hybridized carbons (Fsp3) is 0.400. The summed E-state index contributed by atoms with van der Waals surface area (Å²) >= 11 is 0. The molecule has 390 valence electrons. The lowest BCUT2D eigenvalue weighted by Crippen LogP contribution is -2.34. The van der Waals surface area contributed by atoms with E-state index in [2.05, 4.69) is 88.1 Å². The number of Topliss-reactive ketones (excluding diaryl/α,β-unsaturated/α-hetero) is 3. The molecule has 0 bridgehead atoms. The molecule has 0 radical (unpaired) electrons. The number of methoxy groups -OCH3 is 3. The van der Waals surface area contributed by atoms with Gasteiger partial charge in [-0.2, -0.15) is 15.3 Å². The monoisotopic (exact) mass is 1010 g/mol. The summed E-state index contributed by atoms with van der Waals surface area (Å²) in [6, 6.07) is 23.8. The quantitative estimate of drug-likeness (QED) is 0.0923. The molecule has 15 heteroatoms. The van der Waals surface area contributed by atoms with E-state index in [0.29, 0.717) is 19.3 Å². The largest absolute Gasteiger partial charge is 0.496 e. The third-order valence-electron chi connectivity index (χ3n) is 15.6. The van der Waals surface area contributed by atoms with E-state index in [1.54, 1.807) is 21.3 Å². The number of para-hydroxylation sites is 3. The van der Waals surface area contributed by atoms with Crippen LogP contribution in [0.3, 0.4) is 0 Å². The van der Waals surface area contributed by atoms with Crippen LogP contribution in [0.15, 0.2) is 107 Å². The van der Waals surface area contributed by atoms with Gasteiger partial charge in [-0.1, -0.05) is 96.1 Å². The first-order chi connectivity index (χ1) is 35.7. The molecule has 0 saturated carbocycles. The molecule has 3 aliphatic heterocycles. The molecule has 75 heavy (non-hydrogen) atoms. The molecule has 3 atom stereocenters. The van der Waals surface area contributed by atoms with E-state index >= 15 is 0 Å². The summed E-state index contributed by atoms with van der Waals surface area (Å²) in [6.07, 6.45) is 4.20. The topological polar surface area (TPSA) is 201 Å². The normalized spacial score (nSPS) is 21.4. The molecular formula is C60H69N9O6. The van der Waals surface area contributed by atoms with Gasteiger partial charge in [0.1, 0.15) is 17.2 Å². The number of fused-ring (bicyclic) bond motifs is 3. The summed E-state index contributed by atoms with van der Waals surface area (Å²) in [7, 11) is 5.01. The molecule has 6 aliphatic rings. The van der Waals surface area contributed by atoms with Crippen LogP contribution < -0.4 is 30.2 Å². The number of hydrogen-bond acceptors (Lipinski definition) is 12. The summed E-state index contributed by atoms with van der Waals surface area (Å²) in [5, 5.41) is 32.8. The number of nitrogens with zero attached hydrogens (tertiary/aromatic N) is 3. The Morgan fingerprint density at radius 2 is 0.667 bits per heavy atom. The van der Waals surface area contributed by atoms with Crippen LogP contribution >= 0.6 is 0 Å². The Balaban J connectivity index is 0.000000128. The fourth-order valence-electron chi connectivity index (χ4n) is 12.5. The fourth-order valence-corrected chi connectivity index (χ4v) is 12.5. The Morgan fingerprint density at radius 3 is 0.920 bits per heavy atom. The number of aromatic amines is 3. The second-order valence-corrected chi connectivity index (χ2v) is 23.2. The predicted molar refractivity (Wildman–Crippen MR) is 290 cm³/mol. The second kappa shape index (κ2) is 19.2. The van der Waals surface area contributed by atoms with Crippen LogP contribution in [0.4, 0.5) is 17.5 Å². The minimum Gasteiger partial charge on any atom is -0.496 e. The van der Waals surface area contributed by atoms with Gasteiger partial charge >= 0.3 is 0 Å². The smallest absolute Gasteiger partial charge is 0.162 e. The number of allylic oxidation sites excluding steroid dienone is 6. The summed E-state index contributed by atoms with van der Waals surface area (Å²) < 4.78 is 16.8. The van der Waals surface area contributed by atoms with Crippen molar-refractivity contribution in [1.29, 1.82) is 0 Å². The number of carbonyl (C=O) groups excluding carboxylic acids is 3. The first-order valence-electron chi connectivity index (χ1n) is 25.9. The Bertz CT molecular complexity index is 3030. The van der Waals surface area contributed by atoms with Crippen LogP contribution in [0, 0.1) is 37.0 Å². The molecule has 3 aliphatic carbocycles. The molecule has 6 heterocycles. The molecule has 12 rings (SSSR count). The molecule has 15 nitrogen and oxygen atoms in total. The van der Waals surface area contributed by atoms with Crippen molar-refractivity contribution in [3.8, 4) is 17.2 Å². The maximum absolute atomic E-state index is 13.1. The van der Waals surface area contributed by atoms with E-state index in [9.17, 15) is 14.4 Å². The molecule has 0 spiro atoms. The number of anilines is 3. The van der Waals surface area contributed by atoms with E-state index in [0.717, 1.165) is 138 Å². The number of nitrogens with one attached hydrogen (secondary N) is 6. The average molecular weight is 1010 g/mol. The lowest BCUT2D eigenvalue weighted by molar-refractivity contribution is -0.119. The maximum Gasteiger partial charge on any atom is 0.162 e. The molecular weight excluding hydrogens is 943 g/mol. The van der Waals surface area contributed by atoms with Gasteiger partial charge in [-0.25, -0.2) is 0 Å². The van der Waals surface area contributed by atoms with Crippen LogP contribution in [-0.2, 0) is 14.4 Å². The molecule has 0 fully saturated rings. The van der Waals surface area contributed by atoms with E-state index < -0.39 is 0 Å². The first kappa shape index (κ1) is 50.8. The number of H-pyrrole nitrogens is 3. The third kappa shape index (κ3) is 9.24. The van der Waals surface area contributed by atoms with Gasteiger partial charge in [0.2, 0.25) is 0 Å². The summed E-state index contributed by atoms with van der Waals surface area (Å²) in [6.45, 7) is 18.8. The van der Waals surface area contributed by atoms with Crippen molar-refractivity contribution in [3.63, 3.8) is 0 Å². The minimum absolute atomic E-state index is 0.0445. The van der Waals surface area contributed by atoms with Crippen LogP contribution in [0.5, 0.6) is 17.2 Å². The standard InChI is InChI=1S/3C20H23N3O2/c3*1-11-16-17(12-7-5-6-8-15(12)25-4)18-13(21-19(16)23-22-11)9-20(2,3)10-14(18)24/h3*5-8,17H,9-10H2,1-4H3,(H2,21,22,23)/t2*17-;/m10./s1. The molecule has 1 unspecified atom stereocenters. The van der Waals surface area contributed by atoms with Crippen molar-refractivity contribution in [1.82, 2.24) is 30.6 Å². The highest BCUT2D eigenvalue weighted by Crippen LogP contribution is 2.54. The molecule has 6 N–H and O–H groups in total. The highest BCUT2D eigenvalue weighted by atomic mass is 16.5. The van der Waals surface area contributed by atoms with Gasteiger partial charge in [-0.15, -0.1) is 0 Å². The Morgan fingerprint density at radius 1 is 0.413 bits per heavy atom. The zero-order valence-electron chi connectivity index (χ0n) is 45.2. The van der Waals surface area contributed by atoms with Crippen LogP contribution in [0.25, 0.3) is 0 Å². The number of ketones is 3. The van der Waals surface area contributed by atoms with Gasteiger partial charge in [-0.3, -0.25) is 29.7 Å². The number of benzene rings is 3. The summed E-state index contributed by atoms with van der Waals surface area (Å²) in [4.78, 5) is 39.3. The van der Waals surface area contributed by atoms with Gasteiger partial charge in [0.25, 0.3) is 0 Å². The summed E-state index contributed by atoms with van der Waals surface area (Å²) in [5.74, 6) is 5.02. The van der Waals surface area contributed by atoms with E-state index in [1.165, 1.54) is 0 Å². The van der Waals surface area contributed by atoms with Gasteiger partial charge in [-0.05, 0) is 74.5 Å². The lowest BCUT2D eigenvalue weighted by atomic mass is 9.69. The zero-order chi connectivity index (χ0) is 53.3. The Labute approximate surface area is 438 Å². The SMILES string of the molecule is COc1ccccc1C1C2=C(CC(C)(C)CC2=O)Nc2n[nH]c(C)c21.COc1ccccc1[C@@H]1C2=C(CC(C)(C)CC2=O)Nc2n[nH]c(C)c21.COc1ccccc1[C@H]1C2=C(CC(C)(C)CC2=O)Nc2n[nH]c(C)c21. The number of aromatic nitrogens is 6. The van der Waals surface area contributed by atoms with Crippen molar-refractivity contribution in [2.24, 2.45) is 16.2 Å². The predicted octanol–water partition coefficient (Wildman–Crippen LogP) is 11.8. The first-order valence-corrected chi connectivity index (χ1v) is 25.9. The third-order valence-corrected chi connectivity index (χ3v) is 15.6. The molecule has 3 aromatic heterocycles. The van der Waals surface area contributed by atoms with Crippen molar-refractivity contribution >= 4 is 34.8 Å². The Kier molecular flexibility index (Phi) is 13.0. The maximum atomic E-state index is 13.1. The van der Waals surface area contributed by atoms with Gasteiger partial charge < -0.3 is 30.2 Å². The summed E-state index contributed by atoms with van der Waals surface area (Å²) in [5.41, 5.74) is 14.5. The molecule has 0 saturated heterocycles. The van der Waals surface area contributed by atoms with E-state index in [1.807, 2.05) is 93.6 Å². The van der Waals surface area contributed by atoms with Crippen molar-refractivity contribution in [2.75, 3.05) is 37.3 Å². The van der Waals surface area contributed by atoms with Crippen LogP contribution in [-0.4, -0.2) is 69.3 Å². The number of rotatable bonds is 6. The highest BCUT2D eigenvalue weighted by Gasteiger charge is 2.46. The van der Waals surface area contributed by atoms with Crippen LogP contribution in [0.2, 0.25) is 0 Å². The zero-order valence-corrected chi connectivity index (χ0v) is 45.2. The van der Waals surface area contributed by atoms with Gasteiger partial charge in [0.05, 0.1) is 21.3 Å². The van der Waals surface area contributed by atoms with E-state index in [4.69, 9.17) is 14.2 Å².